The summed E-state index contributed by atoms with van der Waals surface area (Å²) >= 11 is 6.13. The molecule has 2 aromatic rings. The third kappa shape index (κ3) is 7.88. The molecule has 0 spiro atoms. The van der Waals surface area contributed by atoms with Gasteiger partial charge in [-0.25, -0.2) is 0 Å². The van der Waals surface area contributed by atoms with Gasteiger partial charge >= 0.3 is 0 Å². The molecular formula is C20H26ClNO3. The maximum atomic E-state index is 9.14. The zero-order valence-corrected chi connectivity index (χ0v) is 15.3. The van der Waals surface area contributed by atoms with Crippen molar-refractivity contribution in [2.24, 2.45) is 0 Å². The number of nitrogens with one attached hydrogen (secondary N) is 1. The van der Waals surface area contributed by atoms with E-state index in [1.807, 2.05) is 36.4 Å². The lowest BCUT2D eigenvalue weighted by Crippen LogP contribution is -2.28. The molecular weight excluding hydrogens is 338 g/mol. The zero-order chi connectivity index (χ0) is 17.9. The highest BCUT2D eigenvalue weighted by atomic mass is 35.5. The van der Waals surface area contributed by atoms with Gasteiger partial charge in [-0.15, -0.1) is 0 Å². The van der Waals surface area contributed by atoms with Crippen LogP contribution in [0.1, 0.15) is 18.1 Å². The fourth-order valence-corrected chi connectivity index (χ4v) is 2.61. The maximum Gasteiger partial charge on any atom is 0.123 e. The van der Waals surface area contributed by atoms with E-state index in [1.54, 1.807) is 6.92 Å². The molecule has 0 saturated carbocycles. The molecule has 0 bridgehead atoms. The maximum absolute atomic E-state index is 9.14. The molecule has 2 aromatic carbocycles. The lowest BCUT2D eigenvalue weighted by Gasteiger charge is -2.13. The number of rotatable bonds is 11. The van der Waals surface area contributed by atoms with Crippen LogP contribution in [-0.2, 0) is 11.2 Å². The Kier molecular flexibility index (Phi) is 8.77. The lowest BCUT2D eigenvalue weighted by molar-refractivity contribution is 0.0988. The van der Waals surface area contributed by atoms with Crippen LogP contribution in [0.5, 0.6) is 5.75 Å². The number of benzene rings is 2. The van der Waals surface area contributed by atoms with Crippen LogP contribution < -0.4 is 10.1 Å². The Morgan fingerprint density at radius 3 is 2.64 bits per heavy atom. The first-order valence-corrected chi connectivity index (χ1v) is 8.94. The summed E-state index contributed by atoms with van der Waals surface area (Å²) in [6, 6.07) is 15.9. The van der Waals surface area contributed by atoms with Gasteiger partial charge in [-0.1, -0.05) is 41.9 Å². The fourth-order valence-electron chi connectivity index (χ4n) is 2.41. The molecule has 4 nitrogen and oxygen atoms in total. The van der Waals surface area contributed by atoms with E-state index in [-0.39, 0.29) is 6.10 Å². The quantitative estimate of drug-likeness (QED) is 0.601. The van der Waals surface area contributed by atoms with Crippen molar-refractivity contribution in [3.63, 3.8) is 0 Å². The number of hydrogen-bond donors (Lipinski definition) is 2. The Labute approximate surface area is 154 Å². The van der Waals surface area contributed by atoms with Crippen LogP contribution in [0.25, 0.3) is 0 Å². The highest BCUT2D eigenvalue weighted by Crippen LogP contribution is 2.25. The molecule has 0 saturated heterocycles. The van der Waals surface area contributed by atoms with Crippen molar-refractivity contribution >= 4 is 11.6 Å². The van der Waals surface area contributed by atoms with E-state index in [1.165, 1.54) is 5.56 Å². The summed E-state index contributed by atoms with van der Waals surface area (Å²) in [6.07, 6.45) is 0.442. The van der Waals surface area contributed by atoms with Gasteiger partial charge < -0.3 is 19.9 Å². The second-order valence-corrected chi connectivity index (χ2v) is 6.36. The molecule has 0 radical (unpaired) electrons. The van der Waals surface area contributed by atoms with Crippen LogP contribution in [-0.4, -0.2) is 44.1 Å². The highest BCUT2D eigenvalue weighted by Gasteiger charge is 2.06. The van der Waals surface area contributed by atoms with Gasteiger partial charge in [0.1, 0.15) is 12.4 Å². The van der Waals surface area contributed by atoms with Crippen molar-refractivity contribution < 1.29 is 14.6 Å². The van der Waals surface area contributed by atoms with Crippen molar-refractivity contribution in [1.29, 1.82) is 0 Å². The van der Waals surface area contributed by atoms with Gasteiger partial charge in [0.05, 0.1) is 19.3 Å². The first-order chi connectivity index (χ1) is 12.1. The number of aliphatic hydroxyl groups is 1. The first-order valence-electron chi connectivity index (χ1n) is 8.57. The van der Waals surface area contributed by atoms with Crippen LogP contribution in [0.15, 0.2) is 48.5 Å². The van der Waals surface area contributed by atoms with Gasteiger partial charge in [-0.3, -0.25) is 0 Å². The molecule has 0 aliphatic carbocycles. The molecule has 25 heavy (non-hydrogen) atoms. The minimum Gasteiger partial charge on any atom is -0.491 e. The van der Waals surface area contributed by atoms with E-state index in [9.17, 15) is 0 Å². The molecule has 1 atom stereocenters. The Hall–Kier alpha value is -1.59. The minimum absolute atomic E-state index is 0.337. The normalized spacial score (nSPS) is 12.1. The number of ether oxygens (including phenoxy) is 2. The Morgan fingerprint density at radius 2 is 1.88 bits per heavy atom. The topological polar surface area (TPSA) is 50.7 Å². The summed E-state index contributed by atoms with van der Waals surface area (Å²) in [6.45, 7) is 4.64. The van der Waals surface area contributed by atoms with E-state index in [0.29, 0.717) is 37.9 Å². The van der Waals surface area contributed by atoms with E-state index in [2.05, 4.69) is 17.4 Å². The van der Waals surface area contributed by atoms with Crippen LogP contribution in [0, 0.1) is 0 Å². The lowest BCUT2D eigenvalue weighted by atomic mass is 10.0. The van der Waals surface area contributed by atoms with Crippen molar-refractivity contribution in [2.75, 3.05) is 32.9 Å². The summed E-state index contributed by atoms with van der Waals surface area (Å²) in [5.41, 5.74) is 2.28. The van der Waals surface area contributed by atoms with Gasteiger partial charge in [0.25, 0.3) is 0 Å². The third-order valence-corrected chi connectivity index (χ3v) is 3.84. The second-order valence-electron chi connectivity index (χ2n) is 5.93. The Balaban J connectivity index is 1.76. The number of aliphatic hydroxyl groups excluding tert-OH is 1. The van der Waals surface area contributed by atoms with Gasteiger partial charge in [-0.2, -0.15) is 0 Å². The van der Waals surface area contributed by atoms with Crippen molar-refractivity contribution in [3.05, 3.63) is 64.7 Å². The standard InChI is InChI=1S/C20H26ClNO3/c1-16(23)15-22-9-10-24-11-12-25-20-8-7-19(21)14-18(20)13-17-5-3-2-4-6-17/h2-8,14,16,22-23H,9-13,15H2,1H3/t16-/m0/s1. The van der Waals surface area contributed by atoms with E-state index < -0.39 is 0 Å². The largest absolute Gasteiger partial charge is 0.491 e. The summed E-state index contributed by atoms with van der Waals surface area (Å²) in [4.78, 5) is 0. The second kappa shape index (κ2) is 11.1. The van der Waals surface area contributed by atoms with Gasteiger partial charge in [-0.05, 0) is 36.2 Å². The predicted molar refractivity (Wildman–Crippen MR) is 102 cm³/mol. The molecule has 0 aromatic heterocycles. The average Bonchev–Trinajstić information content (AvgIpc) is 2.59. The Bertz CT molecular complexity index is 620. The summed E-state index contributed by atoms with van der Waals surface area (Å²) < 4.78 is 11.4. The van der Waals surface area contributed by atoms with E-state index in [0.717, 1.165) is 17.7 Å². The smallest absolute Gasteiger partial charge is 0.123 e. The molecule has 0 aliphatic rings. The molecule has 0 aliphatic heterocycles. The van der Waals surface area contributed by atoms with Crippen LogP contribution in [0.3, 0.4) is 0 Å². The Morgan fingerprint density at radius 1 is 1.08 bits per heavy atom. The molecule has 0 unspecified atom stereocenters. The van der Waals surface area contributed by atoms with E-state index in [4.69, 9.17) is 26.2 Å². The number of halogens is 1. The highest BCUT2D eigenvalue weighted by molar-refractivity contribution is 6.30. The molecule has 136 valence electrons. The van der Waals surface area contributed by atoms with Crippen LogP contribution in [0.4, 0.5) is 0 Å². The molecule has 0 fully saturated rings. The third-order valence-electron chi connectivity index (χ3n) is 3.61. The number of hydrogen-bond acceptors (Lipinski definition) is 4. The van der Waals surface area contributed by atoms with Crippen LogP contribution >= 0.6 is 11.6 Å². The van der Waals surface area contributed by atoms with Crippen molar-refractivity contribution in [1.82, 2.24) is 5.32 Å². The van der Waals surface area contributed by atoms with E-state index >= 15 is 0 Å². The zero-order valence-electron chi connectivity index (χ0n) is 14.6. The minimum atomic E-state index is -0.337. The SMILES string of the molecule is C[C@H](O)CNCCOCCOc1ccc(Cl)cc1Cc1ccccc1. The fraction of sp³-hybridized carbons (Fsp3) is 0.400. The molecule has 2 rings (SSSR count). The predicted octanol–water partition coefficient (Wildman–Crippen LogP) is 3.30. The monoisotopic (exact) mass is 363 g/mol. The molecule has 0 amide bonds. The summed E-state index contributed by atoms with van der Waals surface area (Å²) in [5, 5.41) is 13.0. The van der Waals surface area contributed by atoms with Crippen molar-refractivity contribution in [3.8, 4) is 5.75 Å². The van der Waals surface area contributed by atoms with Gasteiger partial charge in [0.2, 0.25) is 0 Å². The van der Waals surface area contributed by atoms with Crippen molar-refractivity contribution in [2.45, 2.75) is 19.4 Å². The van der Waals surface area contributed by atoms with Crippen LogP contribution in [0.2, 0.25) is 5.02 Å². The summed E-state index contributed by atoms with van der Waals surface area (Å²) in [5.74, 6) is 0.837. The molecule has 0 heterocycles. The van der Waals surface area contributed by atoms with Gasteiger partial charge in [0.15, 0.2) is 0 Å². The summed E-state index contributed by atoms with van der Waals surface area (Å²) in [7, 11) is 0. The van der Waals surface area contributed by atoms with Gasteiger partial charge in [0, 0.05) is 24.5 Å². The molecule has 5 heteroatoms. The molecule has 2 N–H and O–H groups in total. The first kappa shape index (κ1) is 19.7. The average molecular weight is 364 g/mol.